The minimum atomic E-state index is 0.00808. The SMILES string of the molecule is COCCCOCCOC1(C)CCCNC1. The first kappa shape index (κ1) is 13.9. The zero-order valence-electron chi connectivity index (χ0n) is 10.6. The molecule has 4 heteroatoms. The van der Waals surface area contributed by atoms with E-state index in [1.54, 1.807) is 7.11 Å². The Labute approximate surface area is 98.6 Å². The van der Waals surface area contributed by atoms with Crippen molar-refractivity contribution < 1.29 is 14.2 Å². The normalized spacial score (nSPS) is 25.9. The molecule has 0 aromatic carbocycles. The number of nitrogens with one attached hydrogen (secondary N) is 1. The Bertz CT molecular complexity index is 170. The molecule has 1 unspecified atom stereocenters. The Balaban J connectivity index is 1.93. The van der Waals surface area contributed by atoms with E-state index in [-0.39, 0.29) is 5.60 Å². The Morgan fingerprint density at radius 3 is 2.75 bits per heavy atom. The van der Waals surface area contributed by atoms with Gasteiger partial charge in [-0.3, -0.25) is 0 Å². The lowest BCUT2D eigenvalue weighted by molar-refractivity contribution is -0.0687. The number of hydrogen-bond donors (Lipinski definition) is 1. The fourth-order valence-electron chi connectivity index (χ4n) is 1.91. The molecule has 1 atom stereocenters. The minimum absolute atomic E-state index is 0.00808. The molecule has 1 fully saturated rings. The molecule has 0 saturated carbocycles. The first-order valence-corrected chi connectivity index (χ1v) is 6.18. The van der Waals surface area contributed by atoms with Crippen molar-refractivity contribution in [3.05, 3.63) is 0 Å². The largest absolute Gasteiger partial charge is 0.385 e. The molecule has 0 radical (unpaired) electrons. The molecule has 0 bridgehead atoms. The average Bonchev–Trinajstić information content (AvgIpc) is 2.29. The Kier molecular flexibility index (Phi) is 6.96. The summed E-state index contributed by atoms with van der Waals surface area (Å²) >= 11 is 0. The second kappa shape index (κ2) is 8.01. The van der Waals surface area contributed by atoms with Crippen LogP contribution < -0.4 is 5.32 Å². The lowest BCUT2D eigenvalue weighted by Crippen LogP contribution is -2.45. The van der Waals surface area contributed by atoms with Gasteiger partial charge in [-0.1, -0.05) is 0 Å². The van der Waals surface area contributed by atoms with E-state index < -0.39 is 0 Å². The van der Waals surface area contributed by atoms with Crippen molar-refractivity contribution in [2.75, 3.05) is 46.6 Å². The fraction of sp³-hybridized carbons (Fsp3) is 1.00. The monoisotopic (exact) mass is 231 g/mol. The molecule has 0 aliphatic carbocycles. The molecule has 1 saturated heterocycles. The Morgan fingerprint density at radius 1 is 1.19 bits per heavy atom. The van der Waals surface area contributed by atoms with Gasteiger partial charge in [-0.15, -0.1) is 0 Å². The summed E-state index contributed by atoms with van der Waals surface area (Å²) in [5.41, 5.74) is 0.00808. The molecule has 1 rings (SSSR count). The van der Waals surface area contributed by atoms with E-state index in [0.717, 1.165) is 39.1 Å². The smallest absolute Gasteiger partial charge is 0.0779 e. The summed E-state index contributed by atoms with van der Waals surface area (Å²) < 4.78 is 16.2. The van der Waals surface area contributed by atoms with Gasteiger partial charge >= 0.3 is 0 Å². The maximum absolute atomic E-state index is 5.86. The van der Waals surface area contributed by atoms with E-state index in [9.17, 15) is 0 Å². The van der Waals surface area contributed by atoms with Gasteiger partial charge in [0, 0.05) is 26.9 Å². The average molecular weight is 231 g/mol. The van der Waals surface area contributed by atoms with Crippen molar-refractivity contribution in [2.24, 2.45) is 0 Å². The second-order valence-electron chi connectivity index (χ2n) is 4.54. The molecule has 4 nitrogen and oxygen atoms in total. The predicted octanol–water partition coefficient (Wildman–Crippen LogP) is 1.20. The van der Waals surface area contributed by atoms with Crippen molar-refractivity contribution in [1.82, 2.24) is 5.32 Å². The highest BCUT2D eigenvalue weighted by atomic mass is 16.5. The first-order chi connectivity index (χ1) is 7.77. The van der Waals surface area contributed by atoms with E-state index in [2.05, 4.69) is 12.2 Å². The van der Waals surface area contributed by atoms with Gasteiger partial charge in [-0.25, -0.2) is 0 Å². The summed E-state index contributed by atoms with van der Waals surface area (Å²) in [7, 11) is 1.71. The van der Waals surface area contributed by atoms with E-state index in [0.29, 0.717) is 13.2 Å². The van der Waals surface area contributed by atoms with Crippen molar-refractivity contribution in [1.29, 1.82) is 0 Å². The highest BCUT2D eigenvalue weighted by molar-refractivity contribution is 4.82. The minimum Gasteiger partial charge on any atom is -0.385 e. The van der Waals surface area contributed by atoms with Crippen molar-refractivity contribution in [2.45, 2.75) is 31.8 Å². The van der Waals surface area contributed by atoms with Gasteiger partial charge < -0.3 is 19.5 Å². The molecule has 96 valence electrons. The third-order valence-electron chi connectivity index (χ3n) is 2.87. The van der Waals surface area contributed by atoms with Crippen LogP contribution in [-0.4, -0.2) is 52.2 Å². The molecule has 0 amide bonds. The van der Waals surface area contributed by atoms with Crippen LogP contribution >= 0.6 is 0 Å². The first-order valence-electron chi connectivity index (χ1n) is 6.18. The molecule has 0 aromatic rings. The van der Waals surface area contributed by atoms with Gasteiger partial charge in [0.05, 0.1) is 18.8 Å². The summed E-state index contributed by atoms with van der Waals surface area (Å²) in [6.45, 7) is 7.13. The molecule has 0 spiro atoms. The van der Waals surface area contributed by atoms with Crippen LogP contribution in [0.3, 0.4) is 0 Å². The van der Waals surface area contributed by atoms with Crippen LogP contribution in [0, 0.1) is 0 Å². The molecule has 1 aliphatic rings. The van der Waals surface area contributed by atoms with Crippen molar-refractivity contribution in [3.63, 3.8) is 0 Å². The van der Waals surface area contributed by atoms with Crippen LogP contribution in [0.5, 0.6) is 0 Å². The van der Waals surface area contributed by atoms with Crippen molar-refractivity contribution >= 4 is 0 Å². The topological polar surface area (TPSA) is 39.7 Å². The summed E-state index contributed by atoms with van der Waals surface area (Å²) in [6.07, 6.45) is 3.30. The zero-order chi connectivity index (χ0) is 11.7. The molecule has 0 aromatic heterocycles. The van der Waals surface area contributed by atoms with Crippen LogP contribution in [0.1, 0.15) is 26.2 Å². The molecule has 1 N–H and O–H groups in total. The quantitative estimate of drug-likeness (QED) is 0.637. The summed E-state index contributed by atoms with van der Waals surface area (Å²) in [5, 5.41) is 3.36. The van der Waals surface area contributed by atoms with Gasteiger partial charge in [0.2, 0.25) is 0 Å². The molecule has 1 heterocycles. The second-order valence-corrected chi connectivity index (χ2v) is 4.54. The van der Waals surface area contributed by atoms with E-state index in [4.69, 9.17) is 14.2 Å². The lowest BCUT2D eigenvalue weighted by Gasteiger charge is -2.34. The van der Waals surface area contributed by atoms with E-state index in [1.165, 1.54) is 6.42 Å². The van der Waals surface area contributed by atoms with Gasteiger partial charge in [0.25, 0.3) is 0 Å². The molecular weight excluding hydrogens is 206 g/mol. The highest BCUT2D eigenvalue weighted by Crippen LogP contribution is 2.19. The zero-order valence-corrected chi connectivity index (χ0v) is 10.6. The Hall–Kier alpha value is -0.160. The van der Waals surface area contributed by atoms with Gasteiger partial charge in [0.1, 0.15) is 0 Å². The van der Waals surface area contributed by atoms with Gasteiger partial charge in [-0.2, -0.15) is 0 Å². The summed E-state index contributed by atoms with van der Waals surface area (Å²) in [4.78, 5) is 0. The maximum atomic E-state index is 5.86. The molecule has 1 aliphatic heterocycles. The number of rotatable bonds is 8. The van der Waals surface area contributed by atoms with E-state index >= 15 is 0 Å². The number of piperidine rings is 1. The highest BCUT2D eigenvalue weighted by Gasteiger charge is 2.26. The van der Waals surface area contributed by atoms with Crippen LogP contribution in [0.15, 0.2) is 0 Å². The Morgan fingerprint density at radius 2 is 2.06 bits per heavy atom. The van der Waals surface area contributed by atoms with Crippen LogP contribution in [0.4, 0.5) is 0 Å². The van der Waals surface area contributed by atoms with E-state index in [1.807, 2.05) is 0 Å². The standard InChI is InChI=1S/C12H25NO3/c1-12(5-3-6-13-11-12)16-10-9-15-8-4-7-14-2/h13H,3-11H2,1-2H3. The summed E-state index contributed by atoms with van der Waals surface area (Å²) in [5.74, 6) is 0. The van der Waals surface area contributed by atoms with Gasteiger partial charge in [-0.05, 0) is 32.7 Å². The van der Waals surface area contributed by atoms with Gasteiger partial charge in [0.15, 0.2) is 0 Å². The van der Waals surface area contributed by atoms with Crippen LogP contribution in [0.2, 0.25) is 0 Å². The summed E-state index contributed by atoms with van der Waals surface area (Å²) in [6, 6.07) is 0. The number of methoxy groups -OCH3 is 1. The number of hydrogen-bond acceptors (Lipinski definition) is 4. The molecular formula is C12H25NO3. The van der Waals surface area contributed by atoms with Crippen molar-refractivity contribution in [3.8, 4) is 0 Å². The predicted molar refractivity (Wildman–Crippen MR) is 63.8 cm³/mol. The third kappa shape index (κ3) is 5.80. The molecule has 16 heavy (non-hydrogen) atoms. The number of ether oxygens (including phenoxy) is 3. The lowest BCUT2D eigenvalue weighted by atomic mass is 9.96. The maximum Gasteiger partial charge on any atom is 0.0779 e. The third-order valence-corrected chi connectivity index (χ3v) is 2.87. The van der Waals surface area contributed by atoms with Crippen LogP contribution in [0.25, 0.3) is 0 Å². The fourth-order valence-corrected chi connectivity index (χ4v) is 1.91. The van der Waals surface area contributed by atoms with Crippen LogP contribution in [-0.2, 0) is 14.2 Å².